The van der Waals surface area contributed by atoms with Crippen LogP contribution in [-0.2, 0) is 27.1 Å². The molecule has 2 unspecified atom stereocenters. The summed E-state index contributed by atoms with van der Waals surface area (Å²) in [5, 5.41) is 31.8. The van der Waals surface area contributed by atoms with E-state index >= 15 is 0 Å². The third kappa shape index (κ3) is 6.12. The minimum absolute atomic E-state index is 0.144. The van der Waals surface area contributed by atoms with Gasteiger partial charge in [0.15, 0.2) is 6.23 Å². The highest BCUT2D eigenvalue weighted by Gasteiger charge is 2.45. The largest absolute Gasteiger partial charge is 0.537 e. The van der Waals surface area contributed by atoms with Gasteiger partial charge in [0.2, 0.25) is 0 Å². The van der Waals surface area contributed by atoms with Crippen LogP contribution in [-0.4, -0.2) is 74.6 Å². The Morgan fingerprint density at radius 2 is 1.63 bits per heavy atom. The number of ether oxygens (including phenoxy) is 1. The molecule has 1 aromatic heterocycles. The number of nitrogens with zero attached hydrogens (tertiary/aromatic N) is 2. The Hall–Kier alpha value is -1.30. The molecular formula is C8H14N3O16P3. The molecule has 30 heavy (non-hydrogen) atoms. The van der Waals surface area contributed by atoms with E-state index in [-0.39, 0.29) is 4.68 Å². The van der Waals surface area contributed by atoms with Crippen molar-refractivity contribution < 1.29 is 66.5 Å². The Kier molecular flexibility index (Phi) is 7.22. The minimum Gasteiger partial charge on any atom is -0.394 e. The molecule has 1 aliphatic heterocycles. The molecule has 0 saturated carbocycles. The molecule has 0 aliphatic carbocycles. The van der Waals surface area contributed by atoms with Gasteiger partial charge in [-0.05, 0) is 0 Å². The minimum atomic E-state index is -5.90. The number of hydrogen-bond acceptors (Lipinski definition) is 13. The maximum atomic E-state index is 11.9. The number of aliphatic hydroxyl groups is 3. The number of aliphatic hydroxyl groups excluding tert-OH is 3. The molecule has 0 bridgehead atoms. The van der Waals surface area contributed by atoms with Crippen molar-refractivity contribution >= 4 is 23.5 Å². The fraction of sp³-hybridized carbons (Fsp3) is 0.625. The van der Waals surface area contributed by atoms with Gasteiger partial charge in [-0.25, -0.2) is 18.5 Å². The predicted molar refractivity (Wildman–Crippen MR) is 86.6 cm³/mol. The van der Waals surface area contributed by atoms with Gasteiger partial charge in [0, 0.05) is 0 Å². The van der Waals surface area contributed by atoms with Crippen LogP contribution in [0, 0.1) is 0 Å². The van der Waals surface area contributed by atoms with Crippen molar-refractivity contribution in [2.24, 2.45) is 0 Å². The summed E-state index contributed by atoms with van der Waals surface area (Å²) in [6.07, 6.45) is -6.74. The lowest BCUT2D eigenvalue weighted by Gasteiger charge is -2.18. The van der Waals surface area contributed by atoms with E-state index in [1.807, 2.05) is 0 Å². The van der Waals surface area contributed by atoms with Gasteiger partial charge in [-0.3, -0.25) is 14.7 Å². The average molecular weight is 501 g/mol. The van der Waals surface area contributed by atoms with Gasteiger partial charge in [0.1, 0.15) is 18.3 Å². The summed E-state index contributed by atoms with van der Waals surface area (Å²) in [7, 11) is -17.4. The second-order valence-corrected chi connectivity index (χ2v) is 9.76. The fourth-order valence-electron chi connectivity index (χ4n) is 2.12. The van der Waals surface area contributed by atoms with Gasteiger partial charge in [-0.15, -0.1) is 5.10 Å². The highest BCUT2D eigenvalue weighted by molar-refractivity contribution is 7.66. The Morgan fingerprint density at radius 3 is 2.13 bits per heavy atom. The van der Waals surface area contributed by atoms with Crippen LogP contribution in [0.3, 0.4) is 0 Å². The zero-order valence-corrected chi connectivity index (χ0v) is 16.7. The number of H-pyrrole nitrogens is 1. The molecule has 22 heteroatoms. The van der Waals surface area contributed by atoms with Gasteiger partial charge in [0.05, 0.1) is 6.61 Å². The first-order valence-corrected chi connectivity index (χ1v) is 11.8. The molecule has 1 aliphatic rings. The standard InChI is InChI=1S/C8H14N3O16P3/c12-1-2-3(13)4(14)7(24-2)11-8(16)9-5(15)6(10-11)25-29(20,21)27-30(22,23)26-28(17,18)19/h2-4,7,12-14H,1H2,(H,20,21)(H,22,23)(H,9,15,16)(H2,17,18,19)/t2-,3-,4-,7-/m1/s1. The van der Waals surface area contributed by atoms with E-state index in [2.05, 4.69) is 18.2 Å². The number of nitrogens with one attached hydrogen (secondary N) is 1. The number of hydrogen-bond donors (Lipinski definition) is 8. The van der Waals surface area contributed by atoms with E-state index in [4.69, 9.17) is 24.5 Å². The molecular weight excluding hydrogens is 487 g/mol. The maximum Gasteiger partial charge on any atom is 0.537 e. The second-order valence-electron chi connectivity index (χ2n) is 5.42. The van der Waals surface area contributed by atoms with E-state index in [0.29, 0.717) is 0 Å². The Labute approximate surface area is 163 Å². The summed E-state index contributed by atoms with van der Waals surface area (Å²) in [5.74, 6) is -1.46. The van der Waals surface area contributed by atoms with Gasteiger partial charge in [0.25, 0.3) is 0 Å². The molecule has 2 rings (SSSR count). The summed E-state index contributed by atoms with van der Waals surface area (Å²) in [6.45, 7) is -0.790. The van der Waals surface area contributed by atoms with Crippen LogP contribution in [0.5, 0.6) is 5.88 Å². The van der Waals surface area contributed by atoms with E-state index in [1.165, 1.54) is 4.98 Å². The zero-order valence-electron chi connectivity index (χ0n) is 14.1. The SMILES string of the molecule is O=c1[nH]c(=O)n([C@@H]2O[C@H](CO)[C@@H](O)[C@H]2O)nc1OP(=O)(O)OP(=O)(O)OP(=O)(O)O. The molecule has 1 aromatic rings. The maximum absolute atomic E-state index is 11.9. The van der Waals surface area contributed by atoms with Gasteiger partial charge >= 0.3 is 40.6 Å². The van der Waals surface area contributed by atoms with E-state index in [1.54, 1.807) is 0 Å². The molecule has 1 saturated heterocycles. The van der Waals surface area contributed by atoms with E-state index < -0.39 is 71.7 Å². The Bertz CT molecular complexity index is 1040. The normalized spacial score (nSPS) is 28.6. The second kappa shape index (κ2) is 8.68. The quantitative estimate of drug-likeness (QED) is 0.159. The first-order valence-electron chi connectivity index (χ1n) is 7.24. The summed E-state index contributed by atoms with van der Waals surface area (Å²) in [5.41, 5.74) is -2.95. The van der Waals surface area contributed by atoms with Crippen LogP contribution in [0.25, 0.3) is 0 Å². The van der Waals surface area contributed by atoms with Crippen LogP contribution >= 0.6 is 23.5 Å². The number of aromatic amines is 1. The fourth-order valence-corrected chi connectivity index (χ4v) is 5.09. The van der Waals surface area contributed by atoms with Gasteiger partial charge < -0.3 is 39.3 Å². The molecule has 19 nitrogen and oxygen atoms in total. The summed E-state index contributed by atoms with van der Waals surface area (Å²) >= 11 is 0. The topological polar surface area (TPSA) is 297 Å². The first-order chi connectivity index (χ1) is 13.6. The van der Waals surface area contributed by atoms with Gasteiger partial charge in [-0.1, -0.05) is 0 Å². The van der Waals surface area contributed by atoms with E-state index in [0.717, 1.165) is 0 Å². The lowest BCUT2D eigenvalue weighted by molar-refractivity contribution is -0.0622. The number of phosphoric acid groups is 3. The van der Waals surface area contributed by atoms with Crippen LogP contribution in [0.15, 0.2) is 9.59 Å². The lowest BCUT2D eigenvalue weighted by atomic mass is 10.1. The number of rotatable bonds is 8. The molecule has 6 atom stereocenters. The Balaban J connectivity index is 2.33. The van der Waals surface area contributed by atoms with Crippen LogP contribution in [0.4, 0.5) is 0 Å². The Morgan fingerprint density at radius 1 is 1.03 bits per heavy atom. The lowest BCUT2D eigenvalue weighted by Crippen LogP contribution is -2.40. The zero-order chi connectivity index (χ0) is 23.1. The molecule has 0 amide bonds. The third-order valence-corrected chi connectivity index (χ3v) is 6.93. The molecule has 0 spiro atoms. The van der Waals surface area contributed by atoms with Crippen LogP contribution in [0.1, 0.15) is 6.23 Å². The first kappa shape index (κ1) is 25.0. The van der Waals surface area contributed by atoms with Crippen molar-refractivity contribution in [1.82, 2.24) is 14.8 Å². The predicted octanol–water partition coefficient (Wildman–Crippen LogP) is -3.75. The van der Waals surface area contributed by atoms with Crippen LogP contribution in [0.2, 0.25) is 0 Å². The monoisotopic (exact) mass is 501 g/mol. The smallest absolute Gasteiger partial charge is 0.394 e. The molecule has 2 heterocycles. The van der Waals surface area contributed by atoms with E-state index in [9.17, 15) is 38.4 Å². The van der Waals surface area contributed by atoms with Crippen molar-refractivity contribution in [2.45, 2.75) is 24.5 Å². The van der Waals surface area contributed by atoms with Crippen molar-refractivity contribution in [3.05, 3.63) is 20.8 Å². The van der Waals surface area contributed by atoms with Crippen molar-refractivity contribution in [1.29, 1.82) is 0 Å². The number of aromatic nitrogens is 3. The average Bonchev–Trinajstić information content (AvgIpc) is 2.81. The van der Waals surface area contributed by atoms with Gasteiger partial charge in [-0.2, -0.15) is 13.3 Å². The molecule has 8 N–H and O–H groups in total. The highest BCUT2D eigenvalue weighted by atomic mass is 31.3. The van der Waals surface area contributed by atoms with Crippen molar-refractivity contribution in [2.75, 3.05) is 6.61 Å². The third-order valence-electron chi connectivity index (χ3n) is 3.20. The summed E-state index contributed by atoms with van der Waals surface area (Å²) in [4.78, 5) is 60.5. The van der Waals surface area contributed by atoms with Crippen molar-refractivity contribution in [3.63, 3.8) is 0 Å². The molecule has 172 valence electrons. The highest BCUT2D eigenvalue weighted by Crippen LogP contribution is 2.65. The molecule has 0 aromatic carbocycles. The molecule has 1 fully saturated rings. The molecule has 0 radical (unpaired) electrons. The summed E-state index contributed by atoms with van der Waals surface area (Å²) < 4.78 is 49.8. The van der Waals surface area contributed by atoms with Crippen LogP contribution < -0.4 is 15.8 Å². The summed E-state index contributed by atoms with van der Waals surface area (Å²) in [6, 6.07) is 0. The number of phosphoric ester groups is 1. The van der Waals surface area contributed by atoms with Crippen molar-refractivity contribution in [3.8, 4) is 5.88 Å².